The molecule has 9 nitrogen and oxygen atoms in total. The van der Waals surface area contributed by atoms with Gasteiger partial charge in [0, 0.05) is 28.1 Å². The van der Waals surface area contributed by atoms with Crippen LogP contribution in [0.25, 0.3) is 16.4 Å². The highest BCUT2D eigenvalue weighted by molar-refractivity contribution is 7.12. The molecular formula is C19H12Cl2N6O3S. The number of benzene rings is 2. The molecule has 0 spiro atoms. The van der Waals surface area contributed by atoms with Crippen LogP contribution in [0.1, 0.15) is 5.69 Å². The zero-order valence-electron chi connectivity index (χ0n) is 15.7. The van der Waals surface area contributed by atoms with Crippen molar-refractivity contribution >= 4 is 51.6 Å². The van der Waals surface area contributed by atoms with Gasteiger partial charge in [0.25, 0.3) is 5.69 Å². The Morgan fingerprint density at radius 2 is 1.90 bits per heavy atom. The van der Waals surface area contributed by atoms with Crippen LogP contribution >= 0.6 is 34.5 Å². The number of hydrogen-bond acceptors (Lipinski definition) is 7. The maximum absolute atomic E-state index is 12.8. The third-order valence-corrected chi connectivity index (χ3v) is 5.64. The van der Waals surface area contributed by atoms with E-state index in [-0.39, 0.29) is 22.1 Å². The van der Waals surface area contributed by atoms with Crippen LogP contribution in [0.4, 0.5) is 17.1 Å². The number of rotatable bonds is 5. The predicted octanol–water partition coefficient (Wildman–Crippen LogP) is 6.23. The summed E-state index contributed by atoms with van der Waals surface area (Å²) >= 11 is 13.2. The quantitative estimate of drug-likeness (QED) is 0.209. The molecule has 0 aliphatic carbocycles. The van der Waals surface area contributed by atoms with Crippen molar-refractivity contribution in [3.8, 4) is 16.4 Å². The maximum Gasteiger partial charge on any atom is 0.301 e. The number of azo groups is 1. The van der Waals surface area contributed by atoms with Gasteiger partial charge in [0.05, 0.1) is 21.3 Å². The summed E-state index contributed by atoms with van der Waals surface area (Å²) in [4.78, 5) is 27.6. The van der Waals surface area contributed by atoms with Crippen molar-refractivity contribution < 1.29 is 4.92 Å². The number of nitrogens with one attached hydrogen (secondary N) is 1. The highest BCUT2D eigenvalue weighted by Crippen LogP contribution is 2.30. The smallest absolute Gasteiger partial charge is 0.291 e. The van der Waals surface area contributed by atoms with Gasteiger partial charge < -0.3 is 0 Å². The second kappa shape index (κ2) is 8.42. The number of hydrogen-bond donors (Lipinski definition) is 1. The molecular weight excluding hydrogens is 463 g/mol. The molecule has 0 fully saturated rings. The van der Waals surface area contributed by atoms with E-state index >= 15 is 0 Å². The molecule has 0 aliphatic rings. The topological polar surface area (TPSA) is 119 Å². The average molecular weight is 475 g/mol. The largest absolute Gasteiger partial charge is 0.301 e. The highest BCUT2D eigenvalue weighted by Gasteiger charge is 2.16. The van der Waals surface area contributed by atoms with E-state index in [9.17, 15) is 14.9 Å². The fourth-order valence-corrected chi connectivity index (χ4v) is 3.83. The number of nitro benzene ring substituents is 1. The number of aromatic nitrogens is 3. The van der Waals surface area contributed by atoms with Gasteiger partial charge in [-0.2, -0.15) is 4.68 Å². The summed E-state index contributed by atoms with van der Waals surface area (Å²) < 4.78 is 1.28. The molecule has 2 aromatic heterocycles. The van der Waals surface area contributed by atoms with E-state index in [4.69, 9.17) is 23.2 Å². The Morgan fingerprint density at radius 3 is 2.58 bits per heavy atom. The minimum Gasteiger partial charge on any atom is -0.291 e. The fraction of sp³-hybridized carbons (Fsp3) is 0.0526. The number of aryl methyl sites for hydroxylation is 1. The Hall–Kier alpha value is -3.34. The molecule has 0 bridgehead atoms. The Bertz CT molecular complexity index is 1370. The maximum atomic E-state index is 12.8. The molecule has 31 heavy (non-hydrogen) atoms. The summed E-state index contributed by atoms with van der Waals surface area (Å²) in [5.74, 6) is 0. The van der Waals surface area contributed by atoms with Crippen molar-refractivity contribution in [3.63, 3.8) is 0 Å². The van der Waals surface area contributed by atoms with E-state index in [1.807, 2.05) is 17.5 Å². The predicted molar refractivity (Wildman–Crippen MR) is 120 cm³/mol. The molecule has 2 aromatic carbocycles. The first-order valence-electron chi connectivity index (χ1n) is 8.72. The first-order valence-corrected chi connectivity index (χ1v) is 10.4. The van der Waals surface area contributed by atoms with Gasteiger partial charge in [0.1, 0.15) is 5.69 Å². The molecule has 0 saturated heterocycles. The first kappa shape index (κ1) is 20.9. The number of nitrogens with zero attached hydrogens (tertiary/aromatic N) is 5. The molecule has 0 saturated carbocycles. The average Bonchev–Trinajstić information content (AvgIpc) is 3.33. The summed E-state index contributed by atoms with van der Waals surface area (Å²) in [7, 11) is 0. The van der Waals surface area contributed by atoms with Crippen molar-refractivity contribution in [2.75, 3.05) is 0 Å². The third kappa shape index (κ3) is 4.26. The van der Waals surface area contributed by atoms with Crippen molar-refractivity contribution in [1.29, 1.82) is 0 Å². The van der Waals surface area contributed by atoms with Crippen LogP contribution in [-0.2, 0) is 0 Å². The molecule has 2 heterocycles. The van der Waals surface area contributed by atoms with E-state index in [1.165, 1.54) is 34.2 Å². The number of thiazole rings is 1. The number of nitro groups is 1. The fourth-order valence-electron chi connectivity index (χ4n) is 2.70. The first-order chi connectivity index (χ1) is 14.8. The highest BCUT2D eigenvalue weighted by atomic mass is 35.5. The van der Waals surface area contributed by atoms with Gasteiger partial charge in [0.15, 0.2) is 5.69 Å². The molecule has 0 radical (unpaired) electrons. The molecule has 0 amide bonds. The lowest BCUT2D eigenvalue weighted by Crippen LogP contribution is -2.13. The van der Waals surface area contributed by atoms with E-state index in [0.29, 0.717) is 21.5 Å². The SMILES string of the molecule is Cc1[nH]n(-c2nc(-c3ccc(Cl)cc3)cs2)c(=O)c1N=Nc1ccc([N+](=O)[O-])cc1Cl. The van der Waals surface area contributed by atoms with Gasteiger partial charge in [-0.3, -0.25) is 20.0 Å². The normalized spacial score (nSPS) is 11.3. The lowest BCUT2D eigenvalue weighted by atomic mass is 10.2. The van der Waals surface area contributed by atoms with E-state index < -0.39 is 10.5 Å². The molecule has 1 N–H and O–H groups in total. The second-order valence-electron chi connectivity index (χ2n) is 6.34. The van der Waals surface area contributed by atoms with Crippen LogP contribution in [-0.4, -0.2) is 19.7 Å². The molecule has 12 heteroatoms. The molecule has 0 atom stereocenters. The summed E-state index contributed by atoms with van der Waals surface area (Å²) in [6, 6.07) is 11.0. The number of aromatic amines is 1. The molecule has 0 unspecified atom stereocenters. The van der Waals surface area contributed by atoms with E-state index in [1.54, 1.807) is 19.1 Å². The number of H-pyrrole nitrogens is 1. The number of halogens is 2. The van der Waals surface area contributed by atoms with Crippen molar-refractivity contribution in [2.24, 2.45) is 10.2 Å². The second-order valence-corrected chi connectivity index (χ2v) is 8.02. The molecule has 4 aromatic rings. The lowest BCUT2D eigenvalue weighted by Gasteiger charge is -1.97. The third-order valence-electron chi connectivity index (χ3n) is 4.26. The molecule has 156 valence electrons. The Morgan fingerprint density at radius 1 is 1.16 bits per heavy atom. The Kier molecular flexibility index (Phi) is 5.68. The van der Waals surface area contributed by atoms with Crippen LogP contribution in [0, 0.1) is 17.0 Å². The van der Waals surface area contributed by atoms with Gasteiger partial charge in [0.2, 0.25) is 5.13 Å². The minimum atomic E-state index is -0.561. The summed E-state index contributed by atoms with van der Waals surface area (Å²) in [6.45, 7) is 1.68. The van der Waals surface area contributed by atoms with Gasteiger partial charge in [-0.05, 0) is 25.1 Å². The lowest BCUT2D eigenvalue weighted by molar-refractivity contribution is -0.384. The minimum absolute atomic E-state index is 0.0546. The summed E-state index contributed by atoms with van der Waals surface area (Å²) in [6.07, 6.45) is 0. The standard InChI is InChI=1S/C19H12Cl2N6O3S/c1-10-17(24-23-15-7-6-13(27(29)30)8-14(15)21)18(28)26(25-10)19-22-16(9-31-19)11-2-4-12(20)5-3-11/h2-9,25H,1H3. The van der Waals surface area contributed by atoms with Gasteiger partial charge in [-0.1, -0.05) is 35.3 Å². The van der Waals surface area contributed by atoms with Crippen LogP contribution in [0.2, 0.25) is 10.0 Å². The van der Waals surface area contributed by atoms with E-state index in [0.717, 1.165) is 5.56 Å². The zero-order valence-corrected chi connectivity index (χ0v) is 18.1. The Labute approximate surface area is 188 Å². The van der Waals surface area contributed by atoms with Gasteiger partial charge in [-0.15, -0.1) is 21.6 Å². The van der Waals surface area contributed by atoms with Gasteiger partial charge >= 0.3 is 5.56 Å². The molecule has 0 aliphatic heterocycles. The van der Waals surface area contributed by atoms with Crippen LogP contribution < -0.4 is 5.56 Å². The van der Waals surface area contributed by atoms with Crippen LogP contribution in [0.15, 0.2) is 62.9 Å². The monoisotopic (exact) mass is 474 g/mol. The summed E-state index contributed by atoms with van der Waals surface area (Å²) in [5, 5.41) is 24.7. The number of non-ortho nitro benzene ring substituents is 1. The van der Waals surface area contributed by atoms with Crippen molar-refractivity contribution in [3.05, 3.63) is 84.1 Å². The summed E-state index contributed by atoms with van der Waals surface area (Å²) in [5.41, 5.74) is 1.75. The van der Waals surface area contributed by atoms with E-state index in [2.05, 4.69) is 20.3 Å². The Balaban J connectivity index is 1.64. The van der Waals surface area contributed by atoms with Crippen LogP contribution in [0.3, 0.4) is 0 Å². The zero-order chi connectivity index (χ0) is 22.1. The van der Waals surface area contributed by atoms with Gasteiger partial charge in [-0.25, -0.2) is 4.98 Å². The van der Waals surface area contributed by atoms with Crippen molar-refractivity contribution in [1.82, 2.24) is 14.8 Å². The van der Waals surface area contributed by atoms with Crippen molar-refractivity contribution in [2.45, 2.75) is 6.92 Å². The molecule has 4 rings (SSSR count). The van der Waals surface area contributed by atoms with Crippen LogP contribution in [0.5, 0.6) is 0 Å².